The molecule has 0 amide bonds. The van der Waals surface area contributed by atoms with E-state index >= 15 is 0 Å². The third-order valence-corrected chi connectivity index (χ3v) is 3.59. The number of hydrogen-bond acceptors (Lipinski definition) is 5. The van der Waals surface area contributed by atoms with E-state index in [-0.39, 0.29) is 10.6 Å². The summed E-state index contributed by atoms with van der Waals surface area (Å²) in [5.74, 6) is 0.482. The lowest BCUT2D eigenvalue weighted by Gasteiger charge is -2.19. The Balaban J connectivity index is 1.86. The summed E-state index contributed by atoms with van der Waals surface area (Å²) < 4.78 is 0. The van der Waals surface area contributed by atoms with Gasteiger partial charge in [0, 0.05) is 29.7 Å². The lowest BCUT2D eigenvalue weighted by atomic mass is 10.0. The second kappa shape index (κ2) is 5.40. The molecule has 1 aromatic heterocycles. The molecule has 0 atom stereocenters. The van der Waals surface area contributed by atoms with E-state index in [1.54, 1.807) is 6.92 Å². The van der Waals surface area contributed by atoms with E-state index < -0.39 is 0 Å². The Kier molecular flexibility index (Phi) is 3.43. The van der Waals surface area contributed by atoms with Crippen LogP contribution < -0.4 is 10.6 Å². The van der Waals surface area contributed by atoms with Crippen molar-refractivity contribution in [3.63, 3.8) is 0 Å². The molecule has 108 valence electrons. The molecule has 0 spiro atoms. The van der Waals surface area contributed by atoms with Crippen molar-refractivity contribution in [1.29, 1.82) is 0 Å². The molecule has 1 aliphatic rings. The van der Waals surface area contributed by atoms with Crippen molar-refractivity contribution in [1.82, 2.24) is 4.98 Å². The minimum Gasteiger partial charge on any atom is -0.385 e. The highest BCUT2D eigenvalue weighted by Crippen LogP contribution is 2.27. The zero-order valence-electron chi connectivity index (χ0n) is 11.7. The van der Waals surface area contributed by atoms with Gasteiger partial charge in [0.15, 0.2) is 0 Å². The molecule has 6 heteroatoms. The molecule has 0 radical (unpaired) electrons. The predicted octanol–water partition coefficient (Wildman–Crippen LogP) is 3.40. The van der Waals surface area contributed by atoms with Gasteiger partial charge in [-0.15, -0.1) is 0 Å². The lowest BCUT2D eigenvalue weighted by Crippen LogP contribution is -2.11. The summed E-state index contributed by atoms with van der Waals surface area (Å²) in [4.78, 5) is 14.8. The molecular formula is C15H16N4O2. The van der Waals surface area contributed by atoms with Crippen LogP contribution >= 0.6 is 0 Å². The number of nitro groups is 1. The van der Waals surface area contributed by atoms with E-state index in [0.29, 0.717) is 11.4 Å². The molecule has 2 heterocycles. The average molecular weight is 284 g/mol. The van der Waals surface area contributed by atoms with Gasteiger partial charge in [0.25, 0.3) is 5.69 Å². The third-order valence-electron chi connectivity index (χ3n) is 3.59. The van der Waals surface area contributed by atoms with Gasteiger partial charge in [-0.05, 0) is 43.5 Å². The van der Waals surface area contributed by atoms with Crippen molar-refractivity contribution >= 4 is 22.9 Å². The van der Waals surface area contributed by atoms with Crippen LogP contribution in [0.5, 0.6) is 0 Å². The van der Waals surface area contributed by atoms with Crippen LogP contribution in [-0.4, -0.2) is 16.5 Å². The Morgan fingerprint density at radius 1 is 1.38 bits per heavy atom. The van der Waals surface area contributed by atoms with Crippen LogP contribution in [0.25, 0.3) is 0 Å². The topological polar surface area (TPSA) is 80.1 Å². The zero-order valence-corrected chi connectivity index (χ0v) is 11.7. The highest BCUT2D eigenvalue weighted by atomic mass is 16.6. The molecule has 1 aliphatic heterocycles. The fourth-order valence-corrected chi connectivity index (χ4v) is 2.48. The third kappa shape index (κ3) is 2.79. The maximum Gasteiger partial charge on any atom is 0.277 e. The van der Waals surface area contributed by atoms with Crippen molar-refractivity contribution in [2.75, 3.05) is 17.2 Å². The number of benzene rings is 1. The highest BCUT2D eigenvalue weighted by Gasteiger charge is 2.13. The molecule has 2 aromatic rings. The van der Waals surface area contributed by atoms with Crippen LogP contribution in [-0.2, 0) is 6.42 Å². The minimum atomic E-state index is -0.390. The largest absolute Gasteiger partial charge is 0.385 e. The lowest BCUT2D eigenvalue weighted by molar-refractivity contribution is -0.385. The average Bonchev–Trinajstić information content (AvgIpc) is 2.49. The highest BCUT2D eigenvalue weighted by molar-refractivity contribution is 5.65. The van der Waals surface area contributed by atoms with Crippen molar-refractivity contribution in [3.05, 3.63) is 51.7 Å². The number of aromatic nitrogens is 1. The zero-order chi connectivity index (χ0) is 14.8. The smallest absolute Gasteiger partial charge is 0.277 e. The summed E-state index contributed by atoms with van der Waals surface area (Å²) in [7, 11) is 0. The van der Waals surface area contributed by atoms with Crippen LogP contribution in [0.15, 0.2) is 30.5 Å². The van der Waals surface area contributed by atoms with Crippen LogP contribution in [0.2, 0.25) is 0 Å². The Bertz CT molecular complexity index is 700. The number of rotatable bonds is 3. The second-order valence-corrected chi connectivity index (χ2v) is 5.14. The van der Waals surface area contributed by atoms with Gasteiger partial charge in [0.05, 0.1) is 11.0 Å². The normalized spacial score (nSPS) is 13.2. The van der Waals surface area contributed by atoms with Crippen LogP contribution in [0.4, 0.5) is 22.9 Å². The van der Waals surface area contributed by atoms with Crippen molar-refractivity contribution in [3.8, 4) is 0 Å². The van der Waals surface area contributed by atoms with Crippen molar-refractivity contribution < 1.29 is 4.92 Å². The molecule has 6 nitrogen and oxygen atoms in total. The number of aryl methyl sites for hydroxylation is 2. The molecule has 1 aromatic carbocycles. The molecule has 0 unspecified atom stereocenters. The minimum absolute atomic E-state index is 0.0760. The maximum absolute atomic E-state index is 11.0. The van der Waals surface area contributed by atoms with Gasteiger partial charge in [-0.3, -0.25) is 10.1 Å². The van der Waals surface area contributed by atoms with Gasteiger partial charge < -0.3 is 10.6 Å². The molecule has 0 saturated carbocycles. The van der Waals surface area contributed by atoms with E-state index in [1.807, 2.05) is 12.1 Å². The molecule has 3 rings (SSSR count). The van der Waals surface area contributed by atoms with E-state index in [2.05, 4.69) is 21.7 Å². The molecule has 0 saturated heterocycles. The Morgan fingerprint density at radius 3 is 3.05 bits per heavy atom. The first-order valence-corrected chi connectivity index (χ1v) is 6.88. The molecule has 0 fully saturated rings. The van der Waals surface area contributed by atoms with Gasteiger partial charge in [0.2, 0.25) is 0 Å². The Morgan fingerprint density at radius 2 is 2.24 bits per heavy atom. The molecule has 0 aliphatic carbocycles. The van der Waals surface area contributed by atoms with Gasteiger partial charge in [-0.1, -0.05) is 0 Å². The molecule has 2 N–H and O–H groups in total. The first-order chi connectivity index (χ1) is 10.1. The van der Waals surface area contributed by atoms with Gasteiger partial charge in [-0.25, -0.2) is 4.98 Å². The van der Waals surface area contributed by atoms with Crippen LogP contribution in [0.3, 0.4) is 0 Å². The van der Waals surface area contributed by atoms with Crippen molar-refractivity contribution in [2.45, 2.75) is 19.8 Å². The number of pyridine rings is 1. The number of nitrogens with one attached hydrogen (secondary N) is 2. The number of hydrogen-bond donors (Lipinski definition) is 2. The summed E-state index contributed by atoms with van der Waals surface area (Å²) in [6, 6.07) is 7.51. The summed E-state index contributed by atoms with van der Waals surface area (Å²) >= 11 is 0. The predicted molar refractivity (Wildman–Crippen MR) is 82.2 cm³/mol. The summed E-state index contributed by atoms with van der Waals surface area (Å²) in [5, 5.41) is 17.4. The summed E-state index contributed by atoms with van der Waals surface area (Å²) in [5.41, 5.74) is 3.94. The maximum atomic E-state index is 11.0. The van der Waals surface area contributed by atoms with E-state index in [1.165, 1.54) is 17.8 Å². The van der Waals surface area contributed by atoms with Crippen molar-refractivity contribution in [2.24, 2.45) is 0 Å². The summed E-state index contributed by atoms with van der Waals surface area (Å²) in [6.07, 6.45) is 3.67. The standard InChI is InChI=1S/C15H16N4O2/c1-10-9-17-15(8-14(10)19(20)21)18-12-4-5-13-11(7-12)3-2-6-16-13/h4-5,7-9,16H,2-3,6H2,1H3,(H,17,18). The Labute approximate surface area is 122 Å². The quantitative estimate of drug-likeness (QED) is 0.667. The van der Waals surface area contributed by atoms with E-state index in [9.17, 15) is 10.1 Å². The molecular weight excluding hydrogens is 268 g/mol. The van der Waals surface area contributed by atoms with E-state index in [4.69, 9.17) is 0 Å². The van der Waals surface area contributed by atoms with E-state index in [0.717, 1.165) is 30.8 Å². The van der Waals surface area contributed by atoms with Crippen LogP contribution in [0, 0.1) is 17.0 Å². The molecule has 21 heavy (non-hydrogen) atoms. The Hall–Kier alpha value is -2.63. The number of fused-ring (bicyclic) bond motifs is 1. The number of nitrogens with zero attached hydrogens (tertiary/aromatic N) is 2. The SMILES string of the molecule is Cc1cnc(Nc2ccc3c(c2)CCCN3)cc1[N+](=O)[O-]. The first-order valence-electron chi connectivity index (χ1n) is 6.88. The van der Waals surface area contributed by atoms with Crippen LogP contribution in [0.1, 0.15) is 17.5 Å². The monoisotopic (exact) mass is 284 g/mol. The van der Waals surface area contributed by atoms with Gasteiger partial charge >= 0.3 is 0 Å². The fourth-order valence-electron chi connectivity index (χ4n) is 2.48. The molecule has 0 bridgehead atoms. The fraction of sp³-hybridized carbons (Fsp3) is 0.267. The number of anilines is 3. The van der Waals surface area contributed by atoms with Gasteiger partial charge in [0.1, 0.15) is 5.82 Å². The second-order valence-electron chi connectivity index (χ2n) is 5.14. The first kappa shape index (κ1) is 13.4. The van der Waals surface area contributed by atoms with Gasteiger partial charge in [-0.2, -0.15) is 0 Å². The summed E-state index contributed by atoms with van der Waals surface area (Å²) in [6.45, 7) is 2.69.